The SMILES string of the molecule is COc1ccc2c(c1)c(C)c(O)n2C. The van der Waals surface area contributed by atoms with Crippen molar-refractivity contribution < 1.29 is 9.84 Å². The molecule has 0 aliphatic heterocycles. The van der Waals surface area contributed by atoms with Crippen LogP contribution in [0.1, 0.15) is 5.56 Å². The molecule has 0 radical (unpaired) electrons. The highest BCUT2D eigenvalue weighted by Gasteiger charge is 2.10. The van der Waals surface area contributed by atoms with E-state index in [1.165, 1.54) is 0 Å². The molecule has 1 heterocycles. The zero-order valence-electron chi connectivity index (χ0n) is 8.53. The van der Waals surface area contributed by atoms with Gasteiger partial charge in [0.2, 0.25) is 0 Å². The molecule has 1 aromatic carbocycles. The Hall–Kier alpha value is -1.64. The number of hydrogen-bond acceptors (Lipinski definition) is 2. The maximum atomic E-state index is 9.72. The molecule has 14 heavy (non-hydrogen) atoms. The van der Waals surface area contributed by atoms with Gasteiger partial charge in [0.25, 0.3) is 0 Å². The van der Waals surface area contributed by atoms with Gasteiger partial charge in [0.05, 0.1) is 12.6 Å². The lowest BCUT2D eigenvalue weighted by Gasteiger charge is -2.00. The van der Waals surface area contributed by atoms with E-state index in [1.807, 2.05) is 32.2 Å². The van der Waals surface area contributed by atoms with E-state index in [-0.39, 0.29) is 0 Å². The number of aromatic hydroxyl groups is 1. The van der Waals surface area contributed by atoms with E-state index >= 15 is 0 Å². The second kappa shape index (κ2) is 2.94. The molecule has 3 heteroatoms. The van der Waals surface area contributed by atoms with Crippen molar-refractivity contribution in [2.24, 2.45) is 7.05 Å². The molecule has 2 rings (SSSR count). The van der Waals surface area contributed by atoms with E-state index in [0.29, 0.717) is 5.88 Å². The third-order valence-corrected chi connectivity index (χ3v) is 2.62. The zero-order valence-corrected chi connectivity index (χ0v) is 8.53. The second-order valence-electron chi connectivity index (χ2n) is 3.39. The Morgan fingerprint density at radius 3 is 2.71 bits per heavy atom. The summed E-state index contributed by atoms with van der Waals surface area (Å²) in [6, 6.07) is 5.77. The van der Waals surface area contributed by atoms with E-state index < -0.39 is 0 Å². The summed E-state index contributed by atoms with van der Waals surface area (Å²) in [4.78, 5) is 0. The third kappa shape index (κ3) is 1.05. The van der Waals surface area contributed by atoms with Crippen LogP contribution in [0.25, 0.3) is 10.9 Å². The fourth-order valence-electron chi connectivity index (χ4n) is 1.72. The molecule has 0 atom stereocenters. The lowest BCUT2D eigenvalue weighted by Crippen LogP contribution is -1.86. The molecule has 0 spiro atoms. The van der Waals surface area contributed by atoms with Crippen LogP contribution in [0.2, 0.25) is 0 Å². The van der Waals surface area contributed by atoms with Gasteiger partial charge in [0.15, 0.2) is 5.88 Å². The van der Waals surface area contributed by atoms with Crippen molar-refractivity contribution in [2.45, 2.75) is 6.92 Å². The zero-order chi connectivity index (χ0) is 10.3. The molecule has 0 aliphatic carbocycles. The molecule has 1 aromatic heterocycles. The van der Waals surface area contributed by atoms with Crippen molar-refractivity contribution in [3.8, 4) is 11.6 Å². The predicted octanol–water partition coefficient (Wildman–Crippen LogP) is 2.20. The number of nitrogens with zero attached hydrogens (tertiary/aromatic N) is 1. The van der Waals surface area contributed by atoms with Gasteiger partial charge in [-0.3, -0.25) is 0 Å². The van der Waals surface area contributed by atoms with Crippen molar-refractivity contribution in [3.05, 3.63) is 23.8 Å². The number of aromatic nitrogens is 1. The van der Waals surface area contributed by atoms with Crippen LogP contribution >= 0.6 is 0 Å². The number of fused-ring (bicyclic) bond motifs is 1. The number of aryl methyl sites for hydroxylation is 2. The number of benzene rings is 1. The lowest BCUT2D eigenvalue weighted by molar-refractivity contribution is 0.415. The Morgan fingerprint density at radius 2 is 2.07 bits per heavy atom. The van der Waals surface area contributed by atoms with Gasteiger partial charge in [-0.25, -0.2) is 0 Å². The van der Waals surface area contributed by atoms with E-state index in [1.54, 1.807) is 11.7 Å². The summed E-state index contributed by atoms with van der Waals surface area (Å²) < 4.78 is 6.90. The van der Waals surface area contributed by atoms with Gasteiger partial charge in [-0.05, 0) is 25.1 Å². The largest absolute Gasteiger partial charge is 0.497 e. The van der Waals surface area contributed by atoms with Crippen molar-refractivity contribution >= 4 is 10.9 Å². The molecule has 0 saturated carbocycles. The van der Waals surface area contributed by atoms with Crippen molar-refractivity contribution in [2.75, 3.05) is 7.11 Å². The Labute approximate surface area is 82.5 Å². The standard InChI is InChI=1S/C11H13NO2/c1-7-9-6-8(14-3)4-5-10(9)12(2)11(7)13/h4-6,13H,1-3H3. The molecule has 0 fully saturated rings. The summed E-state index contributed by atoms with van der Waals surface area (Å²) in [5, 5.41) is 10.7. The predicted molar refractivity (Wildman–Crippen MR) is 55.9 cm³/mol. The average molecular weight is 191 g/mol. The molecule has 2 aromatic rings. The van der Waals surface area contributed by atoms with Gasteiger partial charge >= 0.3 is 0 Å². The Bertz CT molecular complexity index is 485. The van der Waals surface area contributed by atoms with Gasteiger partial charge in [0.1, 0.15) is 5.75 Å². The van der Waals surface area contributed by atoms with Crippen LogP contribution in [-0.4, -0.2) is 16.8 Å². The van der Waals surface area contributed by atoms with Crippen LogP contribution in [0.15, 0.2) is 18.2 Å². The first kappa shape index (κ1) is 8.94. The quantitative estimate of drug-likeness (QED) is 0.749. The summed E-state index contributed by atoms with van der Waals surface area (Å²) in [5.41, 5.74) is 1.90. The molecule has 0 unspecified atom stereocenters. The average Bonchev–Trinajstić information content (AvgIpc) is 2.44. The third-order valence-electron chi connectivity index (χ3n) is 2.62. The molecule has 0 bridgehead atoms. The van der Waals surface area contributed by atoms with Crippen LogP contribution in [-0.2, 0) is 7.05 Å². The summed E-state index contributed by atoms with van der Waals surface area (Å²) in [5.74, 6) is 1.12. The Morgan fingerprint density at radius 1 is 1.36 bits per heavy atom. The minimum Gasteiger partial charge on any atom is -0.497 e. The van der Waals surface area contributed by atoms with E-state index in [4.69, 9.17) is 4.74 Å². The smallest absolute Gasteiger partial charge is 0.194 e. The van der Waals surface area contributed by atoms with E-state index in [9.17, 15) is 5.11 Å². The van der Waals surface area contributed by atoms with Crippen LogP contribution in [0.5, 0.6) is 11.6 Å². The molecule has 0 saturated heterocycles. The topological polar surface area (TPSA) is 34.4 Å². The van der Waals surface area contributed by atoms with Gasteiger partial charge in [-0.2, -0.15) is 0 Å². The molecule has 74 valence electrons. The molecular weight excluding hydrogens is 178 g/mol. The lowest BCUT2D eigenvalue weighted by atomic mass is 10.2. The molecule has 0 aliphatic rings. The Balaban J connectivity index is 2.82. The Kier molecular flexibility index (Phi) is 1.88. The van der Waals surface area contributed by atoms with Crippen LogP contribution in [0.3, 0.4) is 0 Å². The maximum absolute atomic E-state index is 9.72. The monoisotopic (exact) mass is 191 g/mol. The summed E-state index contributed by atoms with van der Waals surface area (Å²) in [6.45, 7) is 1.90. The fourth-order valence-corrected chi connectivity index (χ4v) is 1.72. The van der Waals surface area contributed by atoms with Gasteiger partial charge in [0, 0.05) is 18.0 Å². The van der Waals surface area contributed by atoms with Gasteiger partial charge < -0.3 is 14.4 Å². The summed E-state index contributed by atoms with van der Waals surface area (Å²) in [6.07, 6.45) is 0. The fraction of sp³-hybridized carbons (Fsp3) is 0.273. The van der Waals surface area contributed by atoms with Crippen molar-refractivity contribution in [3.63, 3.8) is 0 Å². The van der Waals surface area contributed by atoms with Crippen LogP contribution < -0.4 is 4.74 Å². The van der Waals surface area contributed by atoms with Gasteiger partial charge in [-0.1, -0.05) is 0 Å². The van der Waals surface area contributed by atoms with Crippen LogP contribution in [0, 0.1) is 6.92 Å². The normalized spacial score (nSPS) is 10.8. The maximum Gasteiger partial charge on any atom is 0.194 e. The minimum absolute atomic E-state index is 0.313. The first-order valence-electron chi connectivity index (χ1n) is 4.47. The van der Waals surface area contributed by atoms with Crippen molar-refractivity contribution in [1.82, 2.24) is 4.57 Å². The second-order valence-corrected chi connectivity index (χ2v) is 3.39. The van der Waals surface area contributed by atoms with E-state index in [2.05, 4.69) is 0 Å². The number of hydrogen-bond donors (Lipinski definition) is 1. The molecule has 1 N–H and O–H groups in total. The molecular formula is C11H13NO2. The van der Waals surface area contributed by atoms with E-state index in [0.717, 1.165) is 22.2 Å². The highest BCUT2D eigenvalue weighted by atomic mass is 16.5. The molecule has 3 nitrogen and oxygen atoms in total. The highest BCUT2D eigenvalue weighted by Crippen LogP contribution is 2.31. The highest BCUT2D eigenvalue weighted by molar-refractivity contribution is 5.87. The summed E-state index contributed by atoms with van der Waals surface area (Å²) in [7, 11) is 3.48. The van der Waals surface area contributed by atoms with Crippen molar-refractivity contribution in [1.29, 1.82) is 0 Å². The summed E-state index contributed by atoms with van der Waals surface area (Å²) >= 11 is 0. The minimum atomic E-state index is 0.313. The molecule has 0 amide bonds. The number of rotatable bonds is 1. The van der Waals surface area contributed by atoms with Gasteiger partial charge in [-0.15, -0.1) is 0 Å². The first-order chi connectivity index (χ1) is 6.65. The van der Waals surface area contributed by atoms with Crippen LogP contribution in [0.4, 0.5) is 0 Å². The first-order valence-corrected chi connectivity index (χ1v) is 4.47. The number of methoxy groups -OCH3 is 1. The number of ether oxygens (including phenoxy) is 1.